The minimum absolute atomic E-state index is 0.334. The largest absolute Gasteiger partial charge is 0.490 e. The summed E-state index contributed by atoms with van der Waals surface area (Å²) in [4.78, 5) is 13.8. The maximum atomic E-state index is 11.5. The summed E-state index contributed by atoms with van der Waals surface area (Å²) >= 11 is 0. The van der Waals surface area contributed by atoms with Crippen molar-refractivity contribution in [2.45, 2.75) is 78.9 Å². The number of hydrogen-bond donors (Lipinski definition) is 1. The molecule has 0 atom stereocenters. The number of nitrogens with zero attached hydrogens (tertiary/aromatic N) is 1. The minimum atomic E-state index is -0.664. The fourth-order valence-corrected chi connectivity index (χ4v) is 5.36. The number of carboxylic acid groups (broad SMARTS) is 1. The van der Waals surface area contributed by atoms with Gasteiger partial charge in [0, 0.05) is 6.54 Å². The molecule has 1 saturated carbocycles. The van der Waals surface area contributed by atoms with Crippen molar-refractivity contribution >= 4 is 16.7 Å². The molecule has 2 aromatic carbocycles. The van der Waals surface area contributed by atoms with Crippen LogP contribution in [0.1, 0.15) is 71.8 Å². The molecule has 0 spiro atoms. The SMILES string of the molecule is CC1(C(=O)O)CCN(Cc2ccc3cc(O[C@H]4CC[C@H](C(C)(C)C)CC4)ccc3c2)CC1. The smallest absolute Gasteiger partial charge is 0.309 e. The van der Waals surface area contributed by atoms with Gasteiger partial charge in [-0.1, -0.05) is 39.0 Å². The molecular formula is C28H39NO3. The quantitative estimate of drug-likeness (QED) is 0.579. The topological polar surface area (TPSA) is 49.8 Å². The van der Waals surface area contributed by atoms with E-state index in [-0.39, 0.29) is 0 Å². The van der Waals surface area contributed by atoms with Gasteiger partial charge in [0.05, 0.1) is 11.5 Å². The molecule has 0 radical (unpaired) electrons. The molecule has 4 rings (SSSR count). The zero-order valence-corrected chi connectivity index (χ0v) is 20.2. The number of aliphatic carboxylic acids is 1. The van der Waals surface area contributed by atoms with Crippen LogP contribution in [-0.4, -0.2) is 35.2 Å². The van der Waals surface area contributed by atoms with Crippen LogP contribution in [0.3, 0.4) is 0 Å². The highest BCUT2D eigenvalue weighted by Crippen LogP contribution is 2.39. The van der Waals surface area contributed by atoms with Crippen molar-refractivity contribution in [1.82, 2.24) is 4.90 Å². The standard InChI is InChI=1S/C28H39NO3/c1-27(2,3)23-8-11-24(12-9-23)32-25-10-7-21-17-20(5-6-22(21)18-25)19-29-15-13-28(4,14-16-29)26(30)31/h5-7,10,17-18,23-24H,8-9,11-16,19H2,1-4H3,(H,30,31)/t23-,24-. The first-order chi connectivity index (χ1) is 15.1. The van der Waals surface area contributed by atoms with Crippen molar-refractivity contribution in [1.29, 1.82) is 0 Å². The first-order valence-corrected chi connectivity index (χ1v) is 12.3. The molecular weight excluding hydrogens is 398 g/mol. The van der Waals surface area contributed by atoms with E-state index in [0.717, 1.165) is 44.1 Å². The molecule has 1 saturated heterocycles. The molecule has 1 aliphatic carbocycles. The molecule has 174 valence electrons. The number of hydrogen-bond acceptors (Lipinski definition) is 3. The molecule has 0 bridgehead atoms. The Balaban J connectivity index is 1.34. The van der Waals surface area contributed by atoms with Gasteiger partial charge in [-0.25, -0.2) is 0 Å². The number of fused-ring (bicyclic) bond motifs is 1. The van der Waals surface area contributed by atoms with E-state index in [0.29, 0.717) is 24.4 Å². The number of carbonyl (C=O) groups is 1. The van der Waals surface area contributed by atoms with Crippen molar-refractivity contribution in [2.75, 3.05) is 13.1 Å². The van der Waals surface area contributed by atoms with Crippen LogP contribution in [0.25, 0.3) is 10.8 Å². The fraction of sp³-hybridized carbons (Fsp3) is 0.607. The Kier molecular flexibility index (Phi) is 6.53. The number of rotatable bonds is 5. The van der Waals surface area contributed by atoms with Gasteiger partial charge in [0.15, 0.2) is 0 Å². The summed E-state index contributed by atoms with van der Waals surface area (Å²) in [5.41, 5.74) is 1.11. The van der Waals surface area contributed by atoms with Crippen molar-refractivity contribution in [3.8, 4) is 5.75 Å². The second kappa shape index (κ2) is 9.05. The highest BCUT2D eigenvalue weighted by molar-refractivity contribution is 5.84. The van der Waals surface area contributed by atoms with Gasteiger partial charge in [-0.3, -0.25) is 9.69 Å². The third-order valence-electron chi connectivity index (χ3n) is 7.96. The van der Waals surface area contributed by atoms with E-state index in [4.69, 9.17) is 4.74 Å². The van der Waals surface area contributed by atoms with Crippen LogP contribution in [0.5, 0.6) is 5.75 Å². The molecule has 1 heterocycles. The van der Waals surface area contributed by atoms with Gasteiger partial charge in [0.1, 0.15) is 5.75 Å². The molecule has 1 N–H and O–H groups in total. The molecule has 0 amide bonds. The van der Waals surface area contributed by atoms with Crippen molar-refractivity contribution in [3.63, 3.8) is 0 Å². The molecule has 0 aromatic heterocycles. The normalized spacial score (nSPS) is 24.4. The molecule has 2 fully saturated rings. The van der Waals surface area contributed by atoms with Gasteiger partial charge >= 0.3 is 5.97 Å². The summed E-state index contributed by atoms with van der Waals surface area (Å²) in [5.74, 6) is 1.12. The number of ether oxygens (including phenoxy) is 1. The van der Waals surface area contributed by atoms with E-state index >= 15 is 0 Å². The summed E-state index contributed by atoms with van der Waals surface area (Å²) in [6.45, 7) is 11.5. The van der Waals surface area contributed by atoms with Crippen molar-refractivity contribution < 1.29 is 14.6 Å². The van der Waals surface area contributed by atoms with Crippen molar-refractivity contribution in [2.24, 2.45) is 16.7 Å². The molecule has 0 unspecified atom stereocenters. The summed E-state index contributed by atoms with van der Waals surface area (Å²) in [6, 6.07) is 13.1. The summed E-state index contributed by atoms with van der Waals surface area (Å²) < 4.78 is 6.36. The second-order valence-corrected chi connectivity index (χ2v) is 11.4. The lowest BCUT2D eigenvalue weighted by atomic mass is 9.72. The van der Waals surface area contributed by atoms with Crippen LogP contribution in [-0.2, 0) is 11.3 Å². The fourth-order valence-electron chi connectivity index (χ4n) is 5.36. The predicted octanol–water partition coefficient (Wildman–Crippen LogP) is 6.51. The number of benzene rings is 2. The summed E-state index contributed by atoms with van der Waals surface area (Å²) in [5, 5.41) is 11.9. The van der Waals surface area contributed by atoms with Gasteiger partial charge in [-0.05, 0) is 104 Å². The molecule has 4 nitrogen and oxygen atoms in total. The van der Waals surface area contributed by atoms with Gasteiger partial charge in [-0.2, -0.15) is 0 Å². The Morgan fingerprint density at radius 2 is 1.66 bits per heavy atom. The third-order valence-corrected chi connectivity index (χ3v) is 7.96. The maximum absolute atomic E-state index is 11.5. The zero-order chi connectivity index (χ0) is 22.9. The first kappa shape index (κ1) is 23.1. The van der Waals surface area contributed by atoms with Gasteiger partial charge < -0.3 is 9.84 Å². The lowest BCUT2D eigenvalue weighted by Gasteiger charge is -2.37. The molecule has 1 aliphatic heterocycles. The van der Waals surface area contributed by atoms with Gasteiger partial charge in [0.25, 0.3) is 0 Å². The van der Waals surface area contributed by atoms with E-state index in [9.17, 15) is 9.90 Å². The zero-order valence-electron chi connectivity index (χ0n) is 20.2. The van der Waals surface area contributed by atoms with E-state index in [2.05, 4.69) is 62.1 Å². The first-order valence-electron chi connectivity index (χ1n) is 12.3. The van der Waals surface area contributed by atoms with Crippen LogP contribution in [0, 0.1) is 16.7 Å². The van der Waals surface area contributed by atoms with Crippen LogP contribution in [0.15, 0.2) is 36.4 Å². The molecule has 32 heavy (non-hydrogen) atoms. The Hall–Kier alpha value is -2.07. The number of carboxylic acids is 1. The van der Waals surface area contributed by atoms with E-state index in [1.54, 1.807) is 0 Å². The summed E-state index contributed by atoms with van der Waals surface area (Å²) in [6.07, 6.45) is 6.58. The van der Waals surface area contributed by atoms with E-state index in [1.807, 2.05) is 6.92 Å². The van der Waals surface area contributed by atoms with Crippen LogP contribution in [0.2, 0.25) is 0 Å². The van der Waals surface area contributed by atoms with Crippen LogP contribution >= 0.6 is 0 Å². The maximum Gasteiger partial charge on any atom is 0.309 e. The Bertz CT molecular complexity index is 945. The summed E-state index contributed by atoms with van der Waals surface area (Å²) in [7, 11) is 0. The van der Waals surface area contributed by atoms with E-state index < -0.39 is 11.4 Å². The Labute approximate surface area is 192 Å². The van der Waals surface area contributed by atoms with Crippen LogP contribution < -0.4 is 4.74 Å². The van der Waals surface area contributed by atoms with E-state index in [1.165, 1.54) is 29.2 Å². The Morgan fingerprint density at radius 1 is 1.03 bits per heavy atom. The monoisotopic (exact) mass is 437 g/mol. The highest BCUT2D eigenvalue weighted by Gasteiger charge is 2.36. The second-order valence-electron chi connectivity index (χ2n) is 11.4. The number of piperidine rings is 1. The lowest BCUT2D eigenvalue weighted by Crippen LogP contribution is -2.42. The Morgan fingerprint density at radius 3 is 2.28 bits per heavy atom. The van der Waals surface area contributed by atoms with Crippen molar-refractivity contribution in [3.05, 3.63) is 42.0 Å². The highest BCUT2D eigenvalue weighted by atomic mass is 16.5. The average molecular weight is 438 g/mol. The predicted molar refractivity (Wildman–Crippen MR) is 130 cm³/mol. The molecule has 4 heteroatoms. The average Bonchev–Trinajstić information content (AvgIpc) is 2.75. The van der Waals surface area contributed by atoms with Gasteiger partial charge in [0.2, 0.25) is 0 Å². The molecule has 2 aliphatic rings. The third kappa shape index (κ3) is 5.28. The molecule has 2 aromatic rings. The minimum Gasteiger partial charge on any atom is -0.490 e. The number of likely N-dealkylation sites (tertiary alicyclic amines) is 1. The van der Waals surface area contributed by atoms with Crippen LogP contribution in [0.4, 0.5) is 0 Å². The van der Waals surface area contributed by atoms with Gasteiger partial charge in [-0.15, -0.1) is 0 Å². The lowest BCUT2D eigenvalue weighted by molar-refractivity contribution is -0.150.